The Kier molecular flexibility index (Phi) is 7.49. The Morgan fingerprint density at radius 3 is 1.59 bits per heavy atom. The molecule has 4 aromatic carbocycles. The molecular weight excluding hydrogens is 615 g/mol. The van der Waals surface area contributed by atoms with Gasteiger partial charge in [-0.15, -0.1) is 0 Å². The van der Waals surface area contributed by atoms with E-state index < -0.39 is 10.7 Å². The van der Waals surface area contributed by atoms with Crippen LogP contribution in [0.3, 0.4) is 0 Å². The van der Waals surface area contributed by atoms with Crippen LogP contribution in [0.25, 0.3) is 0 Å². The van der Waals surface area contributed by atoms with E-state index in [1.807, 2.05) is 71.6 Å². The summed E-state index contributed by atoms with van der Waals surface area (Å²) in [6.07, 6.45) is 4.59. The average Bonchev–Trinajstić information content (AvgIpc) is 3.98. The molecule has 0 saturated heterocycles. The van der Waals surface area contributed by atoms with E-state index in [0.29, 0.717) is 57.2 Å². The highest BCUT2D eigenvalue weighted by Gasteiger charge is 2.52. The van der Waals surface area contributed by atoms with Gasteiger partial charge in [0, 0.05) is 51.0 Å². The first-order valence-electron chi connectivity index (χ1n) is 15.0. The standard InChI is InChI=1S/C18H15Cl2NO.C18H16ClNO2/c19-14-9-7-13(8-10-14)18(20)16-4-2-1-3-15(16)17(22)21(18)11-12-5-6-12;19-14-9-7-13(8-10-14)18(22)16-4-2-1-3-15(16)17(21)20(18)11-12-5-6-12/h1-4,7-10,12H,5-6,11H2;1-4,7-10,12,22H,5-6,11H2. The Bertz CT molecular complexity index is 1610. The molecule has 5 nitrogen and oxygen atoms in total. The lowest BCUT2D eigenvalue weighted by molar-refractivity contribution is -0.0518. The van der Waals surface area contributed by atoms with Gasteiger partial charge in [0.2, 0.25) is 0 Å². The van der Waals surface area contributed by atoms with Gasteiger partial charge in [0.05, 0.1) is 0 Å². The van der Waals surface area contributed by atoms with E-state index in [0.717, 1.165) is 24.0 Å². The van der Waals surface area contributed by atoms with E-state index in [1.165, 1.54) is 12.8 Å². The van der Waals surface area contributed by atoms with Crippen molar-refractivity contribution in [3.63, 3.8) is 0 Å². The number of nitrogens with zero attached hydrogens (tertiary/aromatic N) is 2. The molecule has 224 valence electrons. The van der Waals surface area contributed by atoms with E-state index in [9.17, 15) is 14.7 Å². The van der Waals surface area contributed by atoms with Crippen molar-refractivity contribution in [3.8, 4) is 0 Å². The molecule has 2 unspecified atom stereocenters. The van der Waals surface area contributed by atoms with Gasteiger partial charge in [-0.3, -0.25) is 9.59 Å². The van der Waals surface area contributed by atoms with Crippen molar-refractivity contribution in [1.82, 2.24) is 9.80 Å². The lowest BCUT2D eigenvalue weighted by Gasteiger charge is -2.35. The molecule has 2 amide bonds. The molecule has 8 heteroatoms. The second-order valence-electron chi connectivity index (χ2n) is 12.1. The quantitative estimate of drug-likeness (QED) is 0.171. The molecule has 2 heterocycles. The minimum absolute atomic E-state index is 0.0208. The van der Waals surface area contributed by atoms with Crippen LogP contribution in [0.5, 0.6) is 0 Å². The summed E-state index contributed by atoms with van der Waals surface area (Å²) in [4.78, 5) is 28.1. The van der Waals surface area contributed by atoms with Gasteiger partial charge in [0.1, 0.15) is 0 Å². The molecule has 4 aliphatic rings. The maximum Gasteiger partial charge on any atom is 0.257 e. The van der Waals surface area contributed by atoms with Crippen molar-refractivity contribution in [2.24, 2.45) is 11.8 Å². The maximum atomic E-state index is 12.8. The number of rotatable bonds is 6. The molecule has 2 aliphatic carbocycles. The monoisotopic (exact) mass is 644 g/mol. The summed E-state index contributed by atoms with van der Waals surface area (Å²) in [5.41, 5.74) is 2.97. The predicted molar refractivity (Wildman–Crippen MR) is 173 cm³/mol. The van der Waals surface area contributed by atoms with Gasteiger partial charge in [0.15, 0.2) is 10.7 Å². The zero-order valence-corrected chi connectivity index (χ0v) is 26.2. The lowest BCUT2D eigenvalue weighted by Crippen LogP contribution is -2.45. The summed E-state index contributed by atoms with van der Waals surface area (Å²) in [6.45, 7) is 1.30. The van der Waals surface area contributed by atoms with Crippen molar-refractivity contribution >= 4 is 46.6 Å². The zero-order chi connectivity index (χ0) is 30.6. The zero-order valence-electron chi connectivity index (χ0n) is 23.9. The number of amides is 2. The van der Waals surface area contributed by atoms with Crippen LogP contribution in [0, 0.1) is 11.8 Å². The summed E-state index contributed by atoms with van der Waals surface area (Å²) in [7, 11) is 0. The fourth-order valence-electron chi connectivity index (χ4n) is 6.32. The SMILES string of the molecule is O=C1c2ccccc2C(Cl)(c2ccc(Cl)cc2)N1CC1CC1.O=C1c2ccccc2C(O)(c2ccc(Cl)cc2)N1CC1CC1. The first-order valence-corrected chi connectivity index (χ1v) is 16.1. The number of carbonyl (C=O) groups excluding carboxylic acids is 2. The van der Waals surface area contributed by atoms with Crippen LogP contribution >= 0.6 is 34.8 Å². The Morgan fingerprint density at radius 1 is 0.614 bits per heavy atom. The minimum Gasteiger partial charge on any atom is -0.363 e. The molecule has 2 aliphatic heterocycles. The average molecular weight is 646 g/mol. The normalized spacial score (nSPS) is 23.7. The molecular formula is C36H31Cl3N2O3. The molecule has 0 spiro atoms. The smallest absolute Gasteiger partial charge is 0.257 e. The van der Waals surface area contributed by atoms with Crippen LogP contribution in [0.4, 0.5) is 0 Å². The second kappa shape index (κ2) is 11.2. The lowest BCUT2D eigenvalue weighted by atomic mass is 9.94. The van der Waals surface area contributed by atoms with E-state index in [4.69, 9.17) is 34.8 Å². The van der Waals surface area contributed by atoms with Gasteiger partial charge in [-0.25, -0.2) is 0 Å². The summed E-state index contributed by atoms with van der Waals surface area (Å²) >= 11 is 19.0. The third kappa shape index (κ3) is 5.00. The number of aliphatic hydroxyl groups is 1. The molecule has 44 heavy (non-hydrogen) atoms. The number of carbonyl (C=O) groups is 2. The highest BCUT2D eigenvalue weighted by molar-refractivity contribution is 6.31. The highest BCUT2D eigenvalue weighted by atomic mass is 35.5. The number of hydrogen-bond acceptors (Lipinski definition) is 3. The number of halogens is 3. The third-order valence-electron chi connectivity index (χ3n) is 9.05. The van der Waals surface area contributed by atoms with E-state index >= 15 is 0 Å². The summed E-state index contributed by atoms with van der Waals surface area (Å²) < 4.78 is 0. The molecule has 1 N–H and O–H groups in total. The summed E-state index contributed by atoms with van der Waals surface area (Å²) in [5, 5.41) is 12.7. The molecule has 8 rings (SSSR count). The minimum atomic E-state index is -1.40. The van der Waals surface area contributed by atoms with E-state index in [2.05, 4.69) is 0 Å². The Hall–Kier alpha value is -3.35. The molecule has 4 aromatic rings. The predicted octanol–water partition coefficient (Wildman–Crippen LogP) is 8.04. The molecule has 0 radical (unpaired) electrons. The van der Waals surface area contributed by atoms with Crippen LogP contribution in [-0.2, 0) is 10.7 Å². The van der Waals surface area contributed by atoms with Crippen LogP contribution < -0.4 is 0 Å². The molecule has 2 fully saturated rings. The van der Waals surface area contributed by atoms with Gasteiger partial charge in [-0.2, -0.15) is 0 Å². The molecule has 0 bridgehead atoms. The Morgan fingerprint density at radius 2 is 1.05 bits per heavy atom. The van der Waals surface area contributed by atoms with Crippen molar-refractivity contribution < 1.29 is 14.7 Å². The largest absolute Gasteiger partial charge is 0.363 e. The summed E-state index contributed by atoms with van der Waals surface area (Å²) in [5.74, 6) is 0.994. The highest BCUT2D eigenvalue weighted by Crippen LogP contribution is 2.49. The molecule has 2 atom stereocenters. The van der Waals surface area contributed by atoms with Crippen molar-refractivity contribution in [2.75, 3.05) is 13.1 Å². The van der Waals surface area contributed by atoms with Crippen LogP contribution in [0.15, 0.2) is 97.1 Å². The first-order chi connectivity index (χ1) is 21.2. The van der Waals surface area contributed by atoms with Crippen molar-refractivity contribution in [3.05, 3.63) is 140 Å². The van der Waals surface area contributed by atoms with Gasteiger partial charge in [0.25, 0.3) is 11.8 Å². The topological polar surface area (TPSA) is 60.9 Å². The second-order valence-corrected chi connectivity index (χ2v) is 13.5. The van der Waals surface area contributed by atoms with Crippen molar-refractivity contribution in [1.29, 1.82) is 0 Å². The van der Waals surface area contributed by atoms with Crippen LogP contribution in [0.1, 0.15) is 68.7 Å². The number of hydrogen-bond donors (Lipinski definition) is 1. The first kappa shape index (κ1) is 29.4. The Balaban J connectivity index is 0.000000142. The third-order valence-corrected chi connectivity index (χ3v) is 10.2. The number of benzene rings is 4. The van der Waals surface area contributed by atoms with Crippen LogP contribution in [0.2, 0.25) is 10.0 Å². The van der Waals surface area contributed by atoms with Crippen molar-refractivity contribution in [2.45, 2.75) is 36.4 Å². The van der Waals surface area contributed by atoms with Gasteiger partial charge in [-0.1, -0.05) is 95.5 Å². The van der Waals surface area contributed by atoms with Gasteiger partial charge in [-0.05, 0) is 79.5 Å². The van der Waals surface area contributed by atoms with E-state index in [1.54, 1.807) is 35.2 Å². The van der Waals surface area contributed by atoms with Gasteiger partial charge >= 0.3 is 0 Å². The fraction of sp³-hybridized carbons (Fsp3) is 0.278. The van der Waals surface area contributed by atoms with Crippen LogP contribution in [-0.4, -0.2) is 39.8 Å². The fourth-order valence-corrected chi connectivity index (χ4v) is 7.01. The van der Waals surface area contributed by atoms with E-state index in [-0.39, 0.29) is 11.8 Å². The maximum absolute atomic E-state index is 12.8. The summed E-state index contributed by atoms with van der Waals surface area (Å²) in [6, 6.07) is 29.4. The molecule has 2 saturated carbocycles. The van der Waals surface area contributed by atoms with Gasteiger partial charge < -0.3 is 14.9 Å². The number of fused-ring (bicyclic) bond motifs is 2. The molecule has 0 aromatic heterocycles. The Labute approximate surface area is 272 Å². The number of alkyl halides is 1.